The molecule has 1 aliphatic rings. The Labute approximate surface area is 126 Å². The topological polar surface area (TPSA) is 137 Å². The van der Waals surface area contributed by atoms with Crippen LogP contribution in [0.1, 0.15) is 5.56 Å². The summed E-state index contributed by atoms with van der Waals surface area (Å²) in [6.45, 7) is -0.568. The van der Waals surface area contributed by atoms with Gasteiger partial charge in [-0.3, -0.25) is 4.79 Å². The van der Waals surface area contributed by atoms with Gasteiger partial charge < -0.3 is 35.0 Å². The Hall–Kier alpha value is -1.71. The molecule has 5 atom stereocenters. The Balaban J connectivity index is 2.17. The summed E-state index contributed by atoms with van der Waals surface area (Å²) < 4.78 is 10.6. The SMILES string of the molecule is O=C(O)Cc1ccccc1OC1O[C@H](CO)[C@@H](O)[C@H](O)[C@H]1O. The van der Waals surface area contributed by atoms with Crippen molar-refractivity contribution in [3.63, 3.8) is 0 Å². The van der Waals surface area contributed by atoms with Crippen LogP contribution in [0, 0.1) is 0 Å². The molecule has 0 radical (unpaired) electrons. The van der Waals surface area contributed by atoms with Gasteiger partial charge in [0.25, 0.3) is 0 Å². The molecule has 8 heteroatoms. The lowest BCUT2D eigenvalue weighted by atomic mass is 9.99. The molecule has 0 saturated carbocycles. The van der Waals surface area contributed by atoms with Gasteiger partial charge in [-0.15, -0.1) is 0 Å². The Morgan fingerprint density at radius 2 is 1.82 bits per heavy atom. The number of rotatable bonds is 5. The van der Waals surface area contributed by atoms with Crippen LogP contribution in [0.15, 0.2) is 24.3 Å². The maximum Gasteiger partial charge on any atom is 0.307 e. The van der Waals surface area contributed by atoms with Gasteiger partial charge >= 0.3 is 5.97 Å². The van der Waals surface area contributed by atoms with Crippen molar-refractivity contribution in [2.24, 2.45) is 0 Å². The van der Waals surface area contributed by atoms with E-state index in [9.17, 15) is 20.1 Å². The van der Waals surface area contributed by atoms with Crippen LogP contribution in [0.5, 0.6) is 5.75 Å². The second-order valence-corrected chi connectivity index (χ2v) is 4.99. The molecule has 0 aliphatic carbocycles. The van der Waals surface area contributed by atoms with Crippen LogP contribution in [0.3, 0.4) is 0 Å². The average molecular weight is 314 g/mol. The van der Waals surface area contributed by atoms with Crippen LogP contribution in [0.4, 0.5) is 0 Å². The van der Waals surface area contributed by atoms with Crippen LogP contribution in [-0.2, 0) is 16.0 Å². The third kappa shape index (κ3) is 3.54. The largest absolute Gasteiger partial charge is 0.481 e. The summed E-state index contributed by atoms with van der Waals surface area (Å²) in [5.74, 6) is -0.876. The number of para-hydroxylation sites is 1. The summed E-state index contributed by atoms with van der Waals surface area (Å²) in [6, 6.07) is 6.30. The minimum atomic E-state index is -1.55. The second kappa shape index (κ2) is 7.03. The van der Waals surface area contributed by atoms with Crippen molar-refractivity contribution in [3.05, 3.63) is 29.8 Å². The number of aliphatic hydroxyl groups is 4. The van der Waals surface area contributed by atoms with E-state index in [-0.39, 0.29) is 12.2 Å². The van der Waals surface area contributed by atoms with Gasteiger partial charge in [-0.05, 0) is 6.07 Å². The van der Waals surface area contributed by atoms with E-state index in [1.165, 1.54) is 6.07 Å². The zero-order valence-electron chi connectivity index (χ0n) is 11.6. The number of aliphatic carboxylic acids is 1. The minimum absolute atomic E-state index is 0.175. The third-order valence-corrected chi connectivity index (χ3v) is 3.41. The highest BCUT2D eigenvalue weighted by molar-refractivity contribution is 5.71. The molecule has 5 N–H and O–H groups in total. The van der Waals surface area contributed by atoms with E-state index in [2.05, 4.69) is 0 Å². The summed E-state index contributed by atoms with van der Waals surface area (Å²) in [6.07, 6.45) is -7.29. The fourth-order valence-corrected chi connectivity index (χ4v) is 2.22. The predicted octanol–water partition coefficient (Wildman–Crippen LogP) is -1.51. The molecule has 1 fully saturated rings. The van der Waals surface area contributed by atoms with Gasteiger partial charge in [0.2, 0.25) is 6.29 Å². The number of hydrogen-bond donors (Lipinski definition) is 5. The first-order chi connectivity index (χ1) is 10.4. The van der Waals surface area contributed by atoms with E-state index >= 15 is 0 Å². The highest BCUT2D eigenvalue weighted by atomic mass is 16.7. The standard InChI is InChI=1S/C14H18O8/c15-6-9-11(18)12(19)13(20)14(22-9)21-8-4-2-1-3-7(8)5-10(16)17/h1-4,9,11-15,18-20H,5-6H2,(H,16,17)/t9-,11-,12+,13-,14?/m1/s1. The third-order valence-electron chi connectivity index (χ3n) is 3.41. The zero-order valence-corrected chi connectivity index (χ0v) is 11.6. The lowest BCUT2D eigenvalue weighted by Gasteiger charge is -2.39. The molecule has 1 saturated heterocycles. The van der Waals surface area contributed by atoms with Crippen molar-refractivity contribution in [3.8, 4) is 5.75 Å². The molecule has 1 aromatic rings. The molecule has 1 heterocycles. The molecule has 8 nitrogen and oxygen atoms in total. The Morgan fingerprint density at radius 1 is 1.14 bits per heavy atom. The molecule has 0 spiro atoms. The minimum Gasteiger partial charge on any atom is -0.481 e. The zero-order chi connectivity index (χ0) is 16.3. The molecule has 22 heavy (non-hydrogen) atoms. The molecule has 122 valence electrons. The van der Waals surface area contributed by atoms with Gasteiger partial charge in [0.05, 0.1) is 13.0 Å². The van der Waals surface area contributed by atoms with E-state index in [0.717, 1.165) is 0 Å². The number of carboxylic acids is 1. The average Bonchev–Trinajstić information content (AvgIpc) is 2.49. The smallest absolute Gasteiger partial charge is 0.307 e. The summed E-state index contributed by atoms with van der Waals surface area (Å²) in [4.78, 5) is 10.8. The van der Waals surface area contributed by atoms with Gasteiger partial charge in [0, 0.05) is 5.56 Å². The van der Waals surface area contributed by atoms with Crippen molar-refractivity contribution in [1.82, 2.24) is 0 Å². The Morgan fingerprint density at radius 3 is 2.45 bits per heavy atom. The number of benzene rings is 1. The fraction of sp³-hybridized carbons (Fsp3) is 0.500. The van der Waals surface area contributed by atoms with E-state index in [1.54, 1.807) is 18.2 Å². The molecule has 1 unspecified atom stereocenters. The highest BCUT2D eigenvalue weighted by Crippen LogP contribution is 2.26. The number of ether oxygens (including phenoxy) is 2. The van der Waals surface area contributed by atoms with Gasteiger partial charge in [-0.25, -0.2) is 0 Å². The first kappa shape index (κ1) is 16.7. The summed E-state index contributed by atoms with van der Waals surface area (Å²) in [5, 5.41) is 47.3. The molecular formula is C14H18O8. The van der Waals surface area contributed by atoms with Crippen LogP contribution < -0.4 is 4.74 Å². The van der Waals surface area contributed by atoms with E-state index in [4.69, 9.17) is 19.7 Å². The molecule has 0 bridgehead atoms. The van der Waals surface area contributed by atoms with Gasteiger partial charge in [0.15, 0.2) is 0 Å². The summed E-state index contributed by atoms with van der Waals surface area (Å²) in [5.41, 5.74) is 0.368. The molecule has 0 aromatic heterocycles. The van der Waals surface area contributed by atoms with Crippen molar-refractivity contribution in [2.45, 2.75) is 37.1 Å². The fourth-order valence-electron chi connectivity index (χ4n) is 2.22. The molecule has 1 aromatic carbocycles. The van der Waals surface area contributed by atoms with Crippen LogP contribution in [0.25, 0.3) is 0 Å². The number of carbonyl (C=O) groups is 1. The van der Waals surface area contributed by atoms with Crippen molar-refractivity contribution in [1.29, 1.82) is 0 Å². The molecule has 1 aliphatic heterocycles. The maximum absolute atomic E-state index is 10.8. The first-order valence-corrected chi connectivity index (χ1v) is 6.71. The van der Waals surface area contributed by atoms with Crippen molar-refractivity contribution in [2.75, 3.05) is 6.61 Å². The first-order valence-electron chi connectivity index (χ1n) is 6.71. The van der Waals surface area contributed by atoms with Gasteiger partial charge in [-0.1, -0.05) is 18.2 Å². The van der Waals surface area contributed by atoms with Crippen molar-refractivity contribution < 1.29 is 39.8 Å². The molecular weight excluding hydrogens is 296 g/mol. The maximum atomic E-state index is 10.8. The second-order valence-electron chi connectivity index (χ2n) is 4.99. The Bertz CT molecular complexity index is 517. The van der Waals surface area contributed by atoms with Crippen LogP contribution >= 0.6 is 0 Å². The van der Waals surface area contributed by atoms with Crippen LogP contribution in [-0.4, -0.2) is 68.8 Å². The van der Waals surface area contributed by atoms with E-state index in [1.807, 2.05) is 0 Å². The summed E-state index contributed by atoms with van der Waals surface area (Å²) in [7, 11) is 0. The lowest BCUT2D eigenvalue weighted by Crippen LogP contribution is -2.60. The summed E-state index contributed by atoms with van der Waals surface area (Å²) >= 11 is 0. The number of aliphatic hydroxyl groups excluding tert-OH is 4. The van der Waals surface area contributed by atoms with E-state index < -0.39 is 43.3 Å². The van der Waals surface area contributed by atoms with Gasteiger partial charge in [-0.2, -0.15) is 0 Å². The quantitative estimate of drug-likeness (QED) is 0.442. The highest BCUT2D eigenvalue weighted by Gasteiger charge is 2.44. The van der Waals surface area contributed by atoms with E-state index in [0.29, 0.717) is 5.56 Å². The number of carboxylic acid groups (broad SMARTS) is 1. The molecule has 2 rings (SSSR count). The number of hydrogen-bond acceptors (Lipinski definition) is 7. The predicted molar refractivity (Wildman–Crippen MR) is 72.2 cm³/mol. The Kier molecular flexibility index (Phi) is 5.33. The van der Waals surface area contributed by atoms with Gasteiger partial charge in [0.1, 0.15) is 30.2 Å². The van der Waals surface area contributed by atoms with Crippen LogP contribution in [0.2, 0.25) is 0 Å². The monoisotopic (exact) mass is 314 g/mol. The van der Waals surface area contributed by atoms with Crippen molar-refractivity contribution >= 4 is 5.97 Å². The lowest BCUT2D eigenvalue weighted by molar-refractivity contribution is -0.277. The molecule has 0 amide bonds. The normalized spacial score (nSPS) is 31.7.